The van der Waals surface area contributed by atoms with Crippen LogP contribution in [0.15, 0.2) is 34.9 Å². The van der Waals surface area contributed by atoms with E-state index in [0.717, 1.165) is 25.7 Å². The van der Waals surface area contributed by atoms with Crippen LogP contribution in [0.4, 0.5) is 0 Å². The Hall–Kier alpha value is -1.88. The molecule has 0 aliphatic rings. The summed E-state index contributed by atoms with van der Waals surface area (Å²) in [6.07, 6.45) is 10.5. The second-order valence-corrected chi connectivity index (χ2v) is 7.11. The quantitative estimate of drug-likeness (QED) is 0.431. The predicted molar refractivity (Wildman–Crippen MR) is 108 cm³/mol. The summed E-state index contributed by atoms with van der Waals surface area (Å²) >= 11 is 0. The molecule has 0 unspecified atom stereocenters. The summed E-state index contributed by atoms with van der Waals surface area (Å²) in [6, 6.07) is -1.35. The monoisotopic (exact) mass is 364 g/mol. The van der Waals surface area contributed by atoms with Gasteiger partial charge in [-0.1, -0.05) is 28.9 Å². The average molecular weight is 365 g/mol. The molecule has 0 radical (unpaired) electrons. The van der Waals surface area contributed by atoms with Crippen molar-refractivity contribution in [3.8, 4) is 0 Å². The molecule has 3 N–H and O–H groups in total. The van der Waals surface area contributed by atoms with Crippen molar-refractivity contribution in [3.05, 3.63) is 34.9 Å². The maximum atomic E-state index is 11.8. The highest BCUT2D eigenvalue weighted by molar-refractivity contribution is 5.86. The molecule has 5 heteroatoms. The first-order chi connectivity index (χ1) is 12.1. The summed E-state index contributed by atoms with van der Waals surface area (Å²) in [5.74, 6) is -0.828. The Morgan fingerprint density at radius 2 is 1.50 bits per heavy atom. The minimum Gasteiger partial charge on any atom is -0.460 e. The zero-order valence-electron chi connectivity index (χ0n) is 17.2. The number of esters is 1. The zero-order chi connectivity index (χ0) is 20.1. The molecule has 0 saturated heterocycles. The van der Waals surface area contributed by atoms with E-state index in [-0.39, 0.29) is 12.5 Å². The SMILES string of the molecule is CC(C)=CCC/C(C)=C/CC/C(C)=C/COC(=O)[C@H](C)NC(=O)[C@H](C)N. The Labute approximate surface area is 158 Å². The van der Waals surface area contributed by atoms with Gasteiger partial charge in [-0.05, 0) is 73.3 Å². The van der Waals surface area contributed by atoms with Crippen LogP contribution in [0, 0.1) is 0 Å². The number of nitrogens with two attached hydrogens (primary N) is 1. The number of hydrogen-bond donors (Lipinski definition) is 2. The lowest BCUT2D eigenvalue weighted by atomic mass is 10.1. The standard InChI is InChI=1S/C21H36N2O3/c1-15(2)9-7-10-16(3)11-8-12-17(4)13-14-26-21(25)19(6)23-20(24)18(5)22/h9,11,13,18-19H,7-8,10,12,14,22H2,1-6H3,(H,23,24)/b16-11+,17-13+/t18-,19-/m0/s1. The van der Waals surface area contributed by atoms with Gasteiger partial charge in [0.15, 0.2) is 0 Å². The van der Waals surface area contributed by atoms with Crippen molar-refractivity contribution in [1.29, 1.82) is 0 Å². The molecule has 0 saturated carbocycles. The Morgan fingerprint density at radius 3 is 2.04 bits per heavy atom. The van der Waals surface area contributed by atoms with Crippen molar-refractivity contribution in [2.75, 3.05) is 6.61 Å². The molecule has 0 spiro atoms. The topological polar surface area (TPSA) is 81.4 Å². The van der Waals surface area contributed by atoms with Crippen LogP contribution >= 0.6 is 0 Å². The van der Waals surface area contributed by atoms with Crippen LogP contribution in [-0.4, -0.2) is 30.6 Å². The van der Waals surface area contributed by atoms with Crippen LogP contribution in [0.5, 0.6) is 0 Å². The van der Waals surface area contributed by atoms with Crippen LogP contribution in [0.3, 0.4) is 0 Å². The van der Waals surface area contributed by atoms with Gasteiger partial charge in [0.25, 0.3) is 0 Å². The van der Waals surface area contributed by atoms with E-state index >= 15 is 0 Å². The Bertz CT molecular complexity index is 541. The van der Waals surface area contributed by atoms with E-state index < -0.39 is 18.1 Å². The van der Waals surface area contributed by atoms with Gasteiger partial charge in [0.1, 0.15) is 12.6 Å². The van der Waals surface area contributed by atoms with E-state index in [1.54, 1.807) is 13.8 Å². The minimum atomic E-state index is -0.700. The minimum absolute atomic E-state index is 0.215. The first-order valence-electron chi connectivity index (χ1n) is 9.30. The van der Waals surface area contributed by atoms with Crippen molar-refractivity contribution in [3.63, 3.8) is 0 Å². The third kappa shape index (κ3) is 12.5. The fourth-order valence-electron chi connectivity index (χ4n) is 2.13. The lowest BCUT2D eigenvalue weighted by Crippen LogP contribution is -2.46. The summed E-state index contributed by atoms with van der Waals surface area (Å²) in [4.78, 5) is 23.3. The molecule has 0 rings (SSSR count). The van der Waals surface area contributed by atoms with Gasteiger partial charge in [-0.25, -0.2) is 4.79 Å². The molecule has 148 valence electrons. The molecule has 5 nitrogen and oxygen atoms in total. The summed E-state index contributed by atoms with van der Waals surface area (Å²) in [5.41, 5.74) is 9.39. The number of rotatable bonds is 11. The number of carbonyl (C=O) groups excluding carboxylic acids is 2. The van der Waals surface area contributed by atoms with Crippen molar-refractivity contribution >= 4 is 11.9 Å². The van der Waals surface area contributed by atoms with Gasteiger partial charge in [0.2, 0.25) is 5.91 Å². The summed E-state index contributed by atoms with van der Waals surface area (Å²) in [6.45, 7) is 11.8. The van der Waals surface area contributed by atoms with Crippen LogP contribution < -0.4 is 11.1 Å². The molecule has 0 bridgehead atoms. The van der Waals surface area contributed by atoms with E-state index in [4.69, 9.17) is 10.5 Å². The number of carbonyl (C=O) groups is 2. The van der Waals surface area contributed by atoms with Crippen LogP contribution in [0.2, 0.25) is 0 Å². The summed E-state index contributed by atoms with van der Waals surface area (Å²) in [7, 11) is 0. The van der Waals surface area contributed by atoms with E-state index in [9.17, 15) is 9.59 Å². The normalized spacial score (nSPS) is 14.4. The van der Waals surface area contributed by atoms with Crippen LogP contribution in [0.25, 0.3) is 0 Å². The Kier molecular flexibility index (Phi) is 12.4. The van der Waals surface area contributed by atoms with Gasteiger partial charge in [0.05, 0.1) is 6.04 Å². The highest BCUT2D eigenvalue weighted by Gasteiger charge is 2.18. The molecule has 26 heavy (non-hydrogen) atoms. The van der Waals surface area contributed by atoms with Crippen molar-refractivity contribution < 1.29 is 14.3 Å². The molecule has 0 heterocycles. The lowest BCUT2D eigenvalue weighted by molar-refractivity contribution is -0.146. The fourth-order valence-corrected chi connectivity index (χ4v) is 2.13. The van der Waals surface area contributed by atoms with Crippen molar-refractivity contribution in [1.82, 2.24) is 5.32 Å². The smallest absolute Gasteiger partial charge is 0.328 e. The molecule has 2 atom stereocenters. The summed E-state index contributed by atoms with van der Waals surface area (Å²) < 4.78 is 5.17. The number of amides is 1. The largest absolute Gasteiger partial charge is 0.460 e. The zero-order valence-corrected chi connectivity index (χ0v) is 17.2. The third-order valence-corrected chi connectivity index (χ3v) is 3.91. The van der Waals surface area contributed by atoms with Crippen molar-refractivity contribution in [2.45, 2.75) is 79.3 Å². The molecule has 0 fully saturated rings. The number of ether oxygens (including phenoxy) is 1. The van der Waals surface area contributed by atoms with E-state index in [0.29, 0.717) is 0 Å². The van der Waals surface area contributed by atoms with Crippen LogP contribution in [0.1, 0.15) is 67.2 Å². The van der Waals surface area contributed by atoms with Gasteiger partial charge in [-0.3, -0.25) is 4.79 Å². The fraction of sp³-hybridized carbons (Fsp3) is 0.619. The number of hydrogen-bond acceptors (Lipinski definition) is 4. The molecular formula is C21H36N2O3. The molecule has 0 aromatic rings. The second kappa shape index (κ2) is 13.3. The second-order valence-electron chi connectivity index (χ2n) is 7.11. The van der Waals surface area contributed by atoms with Gasteiger partial charge in [0, 0.05) is 0 Å². The van der Waals surface area contributed by atoms with Crippen LogP contribution in [-0.2, 0) is 14.3 Å². The number of allylic oxidation sites excluding steroid dienone is 5. The maximum absolute atomic E-state index is 11.8. The first kappa shape index (κ1) is 24.1. The van der Waals surface area contributed by atoms with E-state index in [1.807, 2.05) is 13.0 Å². The Balaban J connectivity index is 4.12. The summed E-state index contributed by atoms with van der Waals surface area (Å²) in [5, 5.41) is 2.52. The molecule has 0 aromatic carbocycles. The Morgan fingerprint density at radius 1 is 0.962 bits per heavy atom. The third-order valence-electron chi connectivity index (χ3n) is 3.91. The molecule has 0 aliphatic heterocycles. The van der Waals surface area contributed by atoms with E-state index in [1.165, 1.54) is 16.7 Å². The molecular weight excluding hydrogens is 328 g/mol. The molecule has 0 aromatic heterocycles. The van der Waals surface area contributed by atoms with Gasteiger partial charge >= 0.3 is 5.97 Å². The first-order valence-corrected chi connectivity index (χ1v) is 9.30. The molecule has 1 amide bonds. The van der Waals surface area contributed by atoms with Gasteiger partial charge < -0.3 is 15.8 Å². The predicted octanol–water partition coefficient (Wildman–Crippen LogP) is 3.80. The average Bonchev–Trinajstić information content (AvgIpc) is 2.54. The lowest BCUT2D eigenvalue weighted by Gasteiger charge is -2.14. The number of nitrogens with one attached hydrogen (secondary N) is 1. The highest BCUT2D eigenvalue weighted by atomic mass is 16.5. The van der Waals surface area contributed by atoms with Gasteiger partial charge in [-0.15, -0.1) is 0 Å². The van der Waals surface area contributed by atoms with Gasteiger partial charge in [-0.2, -0.15) is 0 Å². The highest BCUT2D eigenvalue weighted by Crippen LogP contribution is 2.11. The van der Waals surface area contributed by atoms with Crippen molar-refractivity contribution in [2.24, 2.45) is 5.73 Å². The van der Waals surface area contributed by atoms with E-state index in [2.05, 4.69) is 38.2 Å². The maximum Gasteiger partial charge on any atom is 0.328 e. The molecule has 0 aliphatic carbocycles.